The highest BCUT2D eigenvalue weighted by atomic mass is 16.6. The number of nitrogens with zero attached hydrogens (tertiary/aromatic N) is 2. The zero-order valence-corrected chi connectivity index (χ0v) is 16.9. The molecule has 2 atom stereocenters. The van der Waals surface area contributed by atoms with Gasteiger partial charge in [-0.1, -0.05) is 18.2 Å². The fraction of sp³-hybridized carbons (Fsp3) is 0.273. The minimum atomic E-state index is -1.22. The molecule has 3 aromatic rings. The molecule has 1 aliphatic heterocycles. The van der Waals surface area contributed by atoms with Crippen LogP contribution in [0.1, 0.15) is 30.0 Å². The van der Waals surface area contributed by atoms with Crippen LogP contribution in [0.4, 0.5) is 5.69 Å². The van der Waals surface area contributed by atoms with Gasteiger partial charge in [-0.2, -0.15) is 0 Å². The van der Waals surface area contributed by atoms with E-state index in [4.69, 9.17) is 0 Å². The maximum atomic E-state index is 12.6. The Labute approximate surface area is 177 Å². The van der Waals surface area contributed by atoms with Gasteiger partial charge in [0.1, 0.15) is 0 Å². The summed E-state index contributed by atoms with van der Waals surface area (Å²) in [6, 6.07) is 10.2. The largest absolute Gasteiger partial charge is 0.479 e. The smallest absolute Gasteiger partial charge is 0.330 e. The lowest BCUT2D eigenvalue weighted by Gasteiger charge is -2.17. The molecule has 0 bridgehead atoms. The summed E-state index contributed by atoms with van der Waals surface area (Å²) in [7, 11) is 0. The summed E-state index contributed by atoms with van der Waals surface area (Å²) in [6.07, 6.45) is 3.22. The fourth-order valence-corrected chi connectivity index (χ4v) is 4.08. The van der Waals surface area contributed by atoms with Crippen LogP contribution in [0.15, 0.2) is 48.7 Å². The summed E-state index contributed by atoms with van der Waals surface area (Å²) in [4.78, 5) is 35.3. The molecule has 0 radical (unpaired) electrons. The Hall–Kier alpha value is -3.72. The number of carboxylic acids is 1. The molecule has 2 aromatic carbocycles. The molecule has 0 saturated carbocycles. The van der Waals surface area contributed by atoms with Gasteiger partial charge in [-0.05, 0) is 44.0 Å². The van der Waals surface area contributed by atoms with Gasteiger partial charge in [-0.3, -0.25) is 14.9 Å². The van der Waals surface area contributed by atoms with Crippen molar-refractivity contribution in [3.63, 3.8) is 0 Å². The Balaban J connectivity index is 1.79. The van der Waals surface area contributed by atoms with Crippen LogP contribution in [0.3, 0.4) is 0 Å². The van der Waals surface area contributed by atoms with Gasteiger partial charge in [0.2, 0.25) is 5.91 Å². The Bertz CT molecular complexity index is 1180. The summed E-state index contributed by atoms with van der Waals surface area (Å²) in [5, 5.41) is 27.4. The molecule has 1 aromatic heterocycles. The number of aromatic nitrogens is 1. The highest BCUT2D eigenvalue weighted by Crippen LogP contribution is 2.31. The summed E-state index contributed by atoms with van der Waals surface area (Å²) in [5.74, 6) is -1.50. The number of hydrogen-bond donors (Lipinski definition) is 3. The number of amides is 1. The van der Waals surface area contributed by atoms with Crippen LogP contribution in [-0.4, -0.2) is 39.1 Å². The quantitative estimate of drug-likeness (QED) is 0.414. The predicted octanol–water partition coefficient (Wildman–Crippen LogP) is 2.84. The number of carbonyl (C=O) groups is 2. The molecule has 1 fully saturated rings. The number of nitrogens with one attached hydrogen (secondary N) is 2. The number of para-hydroxylation sites is 1. The number of non-ortho nitro benzene ring substituents is 1. The highest BCUT2D eigenvalue weighted by molar-refractivity contribution is 5.94. The predicted molar refractivity (Wildman–Crippen MR) is 114 cm³/mol. The first-order valence-electron chi connectivity index (χ1n) is 9.99. The maximum Gasteiger partial charge on any atom is 0.330 e. The molecule has 31 heavy (non-hydrogen) atoms. The molecule has 0 aliphatic carbocycles. The lowest BCUT2D eigenvalue weighted by atomic mass is 10.1. The number of nitro groups is 1. The van der Waals surface area contributed by atoms with Crippen LogP contribution >= 0.6 is 0 Å². The Kier molecular flexibility index (Phi) is 5.43. The second-order valence-corrected chi connectivity index (χ2v) is 7.63. The molecule has 0 spiro atoms. The third-order valence-corrected chi connectivity index (χ3v) is 5.61. The fourth-order valence-electron chi connectivity index (χ4n) is 4.08. The van der Waals surface area contributed by atoms with E-state index in [-0.39, 0.29) is 11.6 Å². The summed E-state index contributed by atoms with van der Waals surface area (Å²) in [6.45, 7) is 2.49. The Morgan fingerprint density at radius 3 is 2.71 bits per heavy atom. The maximum absolute atomic E-state index is 12.6. The van der Waals surface area contributed by atoms with Gasteiger partial charge < -0.3 is 20.3 Å². The van der Waals surface area contributed by atoms with Gasteiger partial charge >= 0.3 is 5.97 Å². The minimum absolute atomic E-state index is 0.0160. The topological polar surface area (TPSA) is 127 Å². The van der Waals surface area contributed by atoms with Crippen molar-refractivity contribution in [2.45, 2.75) is 31.8 Å². The third-order valence-electron chi connectivity index (χ3n) is 5.61. The molecule has 160 valence electrons. The zero-order chi connectivity index (χ0) is 22.1. The van der Waals surface area contributed by atoms with Crippen LogP contribution in [0.25, 0.3) is 16.6 Å². The van der Waals surface area contributed by atoms with Crippen molar-refractivity contribution in [3.8, 4) is 5.69 Å². The minimum Gasteiger partial charge on any atom is -0.479 e. The molecule has 9 heteroatoms. The van der Waals surface area contributed by atoms with Crippen LogP contribution in [0.5, 0.6) is 0 Å². The molecule has 2 unspecified atom stereocenters. The van der Waals surface area contributed by atoms with E-state index in [1.54, 1.807) is 35.9 Å². The molecule has 2 heterocycles. The number of aryl methyl sites for hydroxylation is 1. The van der Waals surface area contributed by atoms with Gasteiger partial charge in [0.05, 0.1) is 16.5 Å². The lowest BCUT2D eigenvalue weighted by Crippen LogP contribution is -2.44. The number of rotatable bonds is 6. The van der Waals surface area contributed by atoms with E-state index in [2.05, 4.69) is 10.6 Å². The van der Waals surface area contributed by atoms with E-state index in [1.807, 2.05) is 12.1 Å². The third kappa shape index (κ3) is 3.87. The molecule has 1 amide bonds. The van der Waals surface area contributed by atoms with Crippen molar-refractivity contribution >= 4 is 28.5 Å². The molecular formula is C22H22N4O5. The SMILES string of the molecule is Cc1cc([N+](=O)[O-])ccc1-n1cc(C(NC(=O)C2CCCN2)C(=O)O)c2ccccc21. The van der Waals surface area contributed by atoms with Crippen LogP contribution in [-0.2, 0) is 9.59 Å². The zero-order valence-electron chi connectivity index (χ0n) is 16.9. The average molecular weight is 422 g/mol. The second kappa shape index (κ2) is 8.19. The molecule has 1 saturated heterocycles. The van der Waals surface area contributed by atoms with Crippen molar-refractivity contribution in [1.29, 1.82) is 0 Å². The first-order chi connectivity index (χ1) is 14.9. The van der Waals surface area contributed by atoms with Gasteiger partial charge in [0.25, 0.3) is 5.69 Å². The monoisotopic (exact) mass is 422 g/mol. The first kappa shape index (κ1) is 20.5. The lowest BCUT2D eigenvalue weighted by molar-refractivity contribution is -0.384. The number of hydrogen-bond acceptors (Lipinski definition) is 5. The summed E-state index contributed by atoms with van der Waals surface area (Å²) in [5.41, 5.74) is 2.55. The molecule has 3 N–H and O–H groups in total. The van der Waals surface area contributed by atoms with Gasteiger partial charge in [-0.15, -0.1) is 0 Å². The molecule has 4 rings (SSSR count). The second-order valence-electron chi connectivity index (χ2n) is 7.63. The van der Waals surface area contributed by atoms with Crippen molar-refractivity contribution < 1.29 is 19.6 Å². The number of aliphatic carboxylic acids is 1. The van der Waals surface area contributed by atoms with Crippen LogP contribution in [0.2, 0.25) is 0 Å². The van der Waals surface area contributed by atoms with E-state index < -0.39 is 23.0 Å². The van der Waals surface area contributed by atoms with E-state index in [0.29, 0.717) is 28.6 Å². The standard InChI is InChI=1S/C22H22N4O5/c1-13-11-14(26(30)31)8-9-18(13)25-12-16(15-5-2-3-7-19(15)25)20(22(28)29)24-21(27)17-6-4-10-23-17/h2-3,5,7-9,11-12,17,20,23H,4,6,10H2,1H3,(H,24,27)(H,28,29). The van der Waals surface area contributed by atoms with Crippen molar-refractivity contribution in [3.05, 3.63) is 69.9 Å². The average Bonchev–Trinajstić information content (AvgIpc) is 3.40. The van der Waals surface area contributed by atoms with Gasteiger partial charge in [-0.25, -0.2) is 4.79 Å². The Morgan fingerprint density at radius 2 is 2.06 bits per heavy atom. The number of carbonyl (C=O) groups excluding carboxylic acids is 1. The highest BCUT2D eigenvalue weighted by Gasteiger charge is 2.30. The van der Waals surface area contributed by atoms with Crippen molar-refractivity contribution in [2.75, 3.05) is 6.54 Å². The van der Waals surface area contributed by atoms with E-state index >= 15 is 0 Å². The number of benzene rings is 2. The van der Waals surface area contributed by atoms with Crippen molar-refractivity contribution in [2.24, 2.45) is 0 Å². The van der Waals surface area contributed by atoms with Crippen LogP contribution < -0.4 is 10.6 Å². The van der Waals surface area contributed by atoms with Crippen LogP contribution in [0, 0.1) is 17.0 Å². The first-order valence-corrected chi connectivity index (χ1v) is 9.99. The Morgan fingerprint density at radius 1 is 1.29 bits per heavy atom. The summed E-state index contributed by atoms with van der Waals surface area (Å²) >= 11 is 0. The van der Waals surface area contributed by atoms with Gasteiger partial charge in [0, 0.05) is 35.0 Å². The number of nitro benzene ring substituents is 1. The number of fused-ring (bicyclic) bond motifs is 1. The van der Waals surface area contributed by atoms with Crippen molar-refractivity contribution in [1.82, 2.24) is 15.2 Å². The van der Waals surface area contributed by atoms with Gasteiger partial charge in [0.15, 0.2) is 6.04 Å². The van der Waals surface area contributed by atoms with E-state index in [0.717, 1.165) is 18.5 Å². The number of carboxylic acid groups (broad SMARTS) is 1. The summed E-state index contributed by atoms with van der Waals surface area (Å²) < 4.78 is 1.81. The molecular weight excluding hydrogens is 400 g/mol. The molecule has 1 aliphatic rings. The normalized spacial score (nSPS) is 16.9. The van der Waals surface area contributed by atoms with E-state index in [9.17, 15) is 24.8 Å². The molecule has 9 nitrogen and oxygen atoms in total. The van der Waals surface area contributed by atoms with E-state index in [1.165, 1.54) is 12.1 Å².